The molecule has 0 aromatic carbocycles. The maximum Gasteiger partial charge on any atom is 0.333 e. The van der Waals surface area contributed by atoms with Crippen LogP contribution in [0.4, 0.5) is 0 Å². The minimum absolute atomic E-state index is 0.119. The van der Waals surface area contributed by atoms with Crippen molar-refractivity contribution in [2.75, 3.05) is 6.61 Å². The number of carbonyl (C=O) groups is 1. The minimum Gasteiger partial charge on any atom is -0.464 e. The van der Waals surface area contributed by atoms with Crippen LogP contribution in [0.3, 0.4) is 0 Å². The summed E-state index contributed by atoms with van der Waals surface area (Å²) in [5.74, 6) is -0.262. The molecule has 0 bridgehead atoms. The van der Waals surface area contributed by atoms with Crippen molar-refractivity contribution in [2.45, 2.75) is 58.9 Å². The Morgan fingerprint density at radius 2 is 1.80 bits per heavy atom. The summed E-state index contributed by atoms with van der Waals surface area (Å²) in [7, 11) is -1.86. The van der Waals surface area contributed by atoms with E-state index in [9.17, 15) is 4.79 Å². The van der Waals surface area contributed by atoms with Gasteiger partial charge in [0.05, 0.1) is 6.61 Å². The predicted octanol–water partition coefficient (Wildman–Crippen LogP) is 2.96. The molecule has 0 aliphatic carbocycles. The van der Waals surface area contributed by atoms with E-state index in [1.807, 2.05) is 0 Å². The van der Waals surface area contributed by atoms with Gasteiger partial charge in [0.1, 0.15) is 6.10 Å². The molecule has 90 valence electrons. The lowest BCUT2D eigenvalue weighted by atomic mass is 10.2. The molecule has 0 heterocycles. The van der Waals surface area contributed by atoms with Crippen LogP contribution in [-0.2, 0) is 14.0 Å². The largest absolute Gasteiger partial charge is 0.464 e. The summed E-state index contributed by atoms with van der Waals surface area (Å²) in [6.45, 7) is 14.7. The molecule has 0 aromatic rings. The van der Waals surface area contributed by atoms with Crippen LogP contribution in [0.1, 0.15) is 34.6 Å². The molecule has 0 saturated heterocycles. The monoisotopic (exact) mass is 232 g/mol. The third-order valence-electron chi connectivity index (χ3n) is 2.90. The highest BCUT2D eigenvalue weighted by Crippen LogP contribution is 2.37. The molecule has 0 N–H and O–H groups in total. The summed E-state index contributed by atoms with van der Waals surface area (Å²) in [6, 6.07) is 0. The molecule has 0 aliphatic rings. The maximum atomic E-state index is 11.4. The van der Waals surface area contributed by atoms with Crippen LogP contribution < -0.4 is 0 Å². The smallest absolute Gasteiger partial charge is 0.333 e. The van der Waals surface area contributed by atoms with Crippen molar-refractivity contribution < 1.29 is 14.0 Å². The fourth-order valence-electron chi connectivity index (χ4n) is 0.926. The van der Waals surface area contributed by atoms with Gasteiger partial charge in [-0.15, -0.1) is 0 Å². The van der Waals surface area contributed by atoms with E-state index in [2.05, 4.69) is 33.9 Å². The number of rotatable bonds is 4. The van der Waals surface area contributed by atoms with Crippen LogP contribution in [-0.4, -0.2) is 27.0 Å². The molecule has 0 saturated carbocycles. The van der Waals surface area contributed by atoms with E-state index >= 15 is 0 Å². The number of hydrogen-bond acceptors (Lipinski definition) is 3. The first-order chi connectivity index (χ1) is 6.62. The molecule has 4 heteroatoms. The van der Waals surface area contributed by atoms with Crippen LogP contribution in [0.15, 0.2) is 0 Å². The quantitative estimate of drug-likeness (QED) is 0.552. The van der Waals surface area contributed by atoms with Gasteiger partial charge in [-0.1, -0.05) is 20.8 Å². The second-order valence-electron chi connectivity index (χ2n) is 5.27. The Kier molecular flexibility index (Phi) is 5.00. The first kappa shape index (κ1) is 14.6. The van der Waals surface area contributed by atoms with Gasteiger partial charge in [0.25, 0.3) is 0 Å². The normalized spacial score (nSPS) is 14.9. The highest BCUT2D eigenvalue weighted by atomic mass is 28.4. The van der Waals surface area contributed by atoms with Gasteiger partial charge in [0.15, 0.2) is 8.32 Å². The molecule has 0 aliphatic heterocycles. The summed E-state index contributed by atoms with van der Waals surface area (Å²) in [6.07, 6.45) is -0.453. The Morgan fingerprint density at radius 3 is 2.13 bits per heavy atom. The van der Waals surface area contributed by atoms with Crippen molar-refractivity contribution in [3.05, 3.63) is 0 Å². The second-order valence-corrected chi connectivity index (χ2v) is 10.0. The van der Waals surface area contributed by atoms with Crippen LogP contribution in [0, 0.1) is 0 Å². The molecule has 0 aromatic heterocycles. The Bertz CT molecular complexity index is 218. The Morgan fingerprint density at radius 1 is 1.33 bits per heavy atom. The minimum atomic E-state index is -1.86. The first-order valence-electron chi connectivity index (χ1n) is 5.46. The topological polar surface area (TPSA) is 35.5 Å². The van der Waals surface area contributed by atoms with Gasteiger partial charge in [0, 0.05) is 0 Å². The third-order valence-corrected chi connectivity index (χ3v) is 7.45. The lowest BCUT2D eigenvalue weighted by Gasteiger charge is -2.37. The zero-order chi connectivity index (χ0) is 12.3. The average Bonchev–Trinajstić information content (AvgIpc) is 2.01. The van der Waals surface area contributed by atoms with E-state index < -0.39 is 14.4 Å². The second kappa shape index (κ2) is 5.12. The Hall–Kier alpha value is -0.353. The highest BCUT2D eigenvalue weighted by Gasteiger charge is 2.39. The zero-order valence-electron chi connectivity index (χ0n) is 11.0. The highest BCUT2D eigenvalue weighted by molar-refractivity contribution is 6.74. The van der Waals surface area contributed by atoms with E-state index in [0.717, 1.165) is 0 Å². The summed E-state index contributed by atoms with van der Waals surface area (Å²) in [5, 5.41) is 0.119. The molecule has 1 unspecified atom stereocenters. The summed E-state index contributed by atoms with van der Waals surface area (Å²) in [4.78, 5) is 11.4. The van der Waals surface area contributed by atoms with Crippen molar-refractivity contribution in [3.63, 3.8) is 0 Å². The molecular formula is C11H24O3Si. The number of carbonyl (C=O) groups excluding carboxylic acids is 1. The standard InChI is InChI=1S/C11H24O3Si/c1-8-13-10(12)9(2)14-15(6,7)11(3,4)5/h9H,8H2,1-7H3. The van der Waals surface area contributed by atoms with Crippen molar-refractivity contribution in [2.24, 2.45) is 0 Å². The zero-order valence-corrected chi connectivity index (χ0v) is 12.0. The summed E-state index contributed by atoms with van der Waals surface area (Å²) < 4.78 is 10.8. The van der Waals surface area contributed by atoms with E-state index in [1.54, 1.807) is 13.8 Å². The number of hydrogen-bond donors (Lipinski definition) is 0. The average molecular weight is 232 g/mol. The predicted molar refractivity (Wildman–Crippen MR) is 64.4 cm³/mol. The molecule has 0 spiro atoms. The fraction of sp³-hybridized carbons (Fsp3) is 0.909. The molecular weight excluding hydrogens is 208 g/mol. The van der Waals surface area contributed by atoms with E-state index in [0.29, 0.717) is 6.61 Å². The molecule has 0 amide bonds. The van der Waals surface area contributed by atoms with Gasteiger partial charge in [-0.05, 0) is 32.0 Å². The van der Waals surface area contributed by atoms with Gasteiger partial charge in [-0.2, -0.15) is 0 Å². The van der Waals surface area contributed by atoms with Gasteiger partial charge < -0.3 is 9.16 Å². The van der Waals surface area contributed by atoms with Crippen molar-refractivity contribution in [1.82, 2.24) is 0 Å². The fourth-order valence-corrected chi connectivity index (χ4v) is 2.26. The van der Waals surface area contributed by atoms with E-state index in [4.69, 9.17) is 9.16 Å². The van der Waals surface area contributed by atoms with Crippen molar-refractivity contribution in [3.8, 4) is 0 Å². The SMILES string of the molecule is CCOC(=O)C(C)O[Si](C)(C)C(C)(C)C. The van der Waals surface area contributed by atoms with E-state index in [1.165, 1.54) is 0 Å². The molecule has 1 atom stereocenters. The molecule has 0 radical (unpaired) electrons. The maximum absolute atomic E-state index is 11.4. The van der Waals surface area contributed by atoms with Crippen LogP contribution in [0.5, 0.6) is 0 Å². The van der Waals surface area contributed by atoms with Gasteiger partial charge >= 0.3 is 5.97 Å². The van der Waals surface area contributed by atoms with Gasteiger partial charge in [-0.3, -0.25) is 0 Å². The molecule has 0 fully saturated rings. The Labute approximate surface area is 94.3 Å². The van der Waals surface area contributed by atoms with E-state index in [-0.39, 0.29) is 11.0 Å². The van der Waals surface area contributed by atoms with Gasteiger partial charge in [-0.25, -0.2) is 4.79 Å². The van der Waals surface area contributed by atoms with Crippen LogP contribution >= 0.6 is 0 Å². The van der Waals surface area contributed by atoms with Crippen LogP contribution in [0.2, 0.25) is 18.1 Å². The first-order valence-corrected chi connectivity index (χ1v) is 8.37. The van der Waals surface area contributed by atoms with Crippen molar-refractivity contribution >= 4 is 14.3 Å². The number of ether oxygens (including phenoxy) is 1. The van der Waals surface area contributed by atoms with Gasteiger partial charge in [0.2, 0.25) is 0 Å². The lowest BCUT2D eigenvalue weighted by molar-refractivity contribution is -0.151. The van der Waals surface area contributed by atoms with Crippen LogP contribution in [0.25, 0.3) is 0 Å². The Balaban J connectivity index is 4.40. The molecule has 0 rings (SSSR count). The molecule has 15 heavy (non-hydrogen) atoms. The summed E-state index contributed by atoms with van der Waals surface area (Å²) >= 11 is 0. The van der Waals surface area contributed by atoms with Crippen molar-refractivity contribution in [1.29, 1.82) is 0 Å². The molecule has 3 nitrogen and oxygen atoms in total. The third kappa shape index (κ3) is 4.34. The number of esters is 1. The lowest BCUT2D eigenvalue weighted by Crippen LogP contribution is -2.45. The summed E-state index contributed by atoms with van der Waals surface area (Å²) in [5.41, 5.74) is 0.